The van der Waals surface area contributed by atoms with Gasteiger partial charge >= 0.3 is 5.97 Å². The molecular weight excluding hydrogens is 396 g/mol. The van der Waals surface area contributed by atoms with Gasteiger partial charge in [0, 0.05) is 11.3 Å². The van der Waals surface area contributed by atoms with Gasteiger partial charge in [0.15, 0.2) is 0 Å². The molecule has 3 amide bonds. The van der Waals surface area contributed by atoms with Gasteiger partial charge in [0.2, 0.25) is 0 Å². The zero-order valence-corrected chi connectivity index (χ0v) is 16.6. The third-order valence-corrected chi connectivity index (χ3v) is 5.14. The minimum atomic E-state index is -1.05. The number of fused-ring (bicyclic) bond motifs is 1. The Morgan fingerprint density at radius 2 is 1.55 bits per heavy atom. The summed E-state index contributed by atoms with van der Waals surface area (Å²) in [6, 6.07) is 18.0. The second-order valence-electron chi connectivity index (χ2n) is 7.23. The van der Waals surface area contributed by atoms with E-state index in [2.05, 4.69) is 5.32 Å². The average molecular weight is 414 g/mol. The Hall–Kier alpha value is -4.26. The molecule has 7 heteroatoms. The van der Waals surface area contributed by atoms with E-state index in [9.17, 15) is 19.2 Å². The van der Waals surface area contributed by atoms with E-state index in [1.165, 1.54) is 36.4 Å². The Bertz CT molecular complexity index is 1230. The van der Waals surface area contributed by atoms with Crippen LogP contribution in [0.2, 0.25) is 0 Å². The highest BCUT2D eigenvalue weighted by Gasteiger charge is 2.36. The van der Waals surface area contributed by atoms with Gasteiger partial charge in [0.1, 0.15) is 0 Å². The summed E-state index contributed by atoms with van der Waals surface area (Å²) in [5.74, 6) is -2.35. The lowest BCUT2D eigenvalue weighted by Gasteiger charge is -2.13. The van der Waals surface area contributed by atoms with Gasteiger partial charge < -0.3 is 10.4 Å². The number of carbonyl (C=O) groups is 4. The van der Waals surface area contributed by atoms with Crippen LogP contribution in [0, 0.1) is 6.92 Å². The summed E-state index contributed by atoms with van der Waals surface area (Å²) in [7, 11) is 0. The second kappa shape index (κ2) is 7.87. The normalized spacial score (nSPS) is 12.6. The molecule has 2 N–H and O–H groups in total. The third kappa shape index (κ3) is 3.81. The van der Waals surface area contributed by atoms with Crippen LogP contribution in [0.1, 0.15) is 52.6 Å². The van der Waals surface area contributed by atoms with E-state index in [1.54, 1.807) is 6.92 Å². The Labute approximate surface area is 177 Å². The predicted molar refractivity (Wildman–Crippen MR) is 113 cm³/mol. The van der Waals surface area contributed by atoms with Crippen molar-refractivity contribution in [2.75, 3.05) is 5.32 Å². The molecule has 0 radical (unpaired) electrons. The molecule has 0 aliphatic carbocycles. The molecular formula is C24H18N2O5. The summed E-state index contributed by atoms with van der Waals surface area (Å²) >= 11 is 0. The molecule has 3 aromatic rings. The third-order valence-electron chi connectivity index (χ3n) is 5.14. The molecule has 0 fully saturated rings. The first-order valence-electron chi connectivity index (χ1n) is 9.54. The number of carboxylic acid groups (broad SMARTS) is 1. The van der Waals surface area contributed by atoms with E-state index >= 15 is 0 Å². The number of aromatic carboxylic acids is 1. The molecule has 31 heavy (non-hydrogen) atoms. The van der Waals surface area contributed by atoms with E-state index in [0.717, 1.165) is 10.5 Å². The molecule has 0 unspecified atom stereocenters. The molecule has 1 aliphatic rings. The molecule has 1 aliphatic heterocycles. The highest BCUT2D eigenvalue weighted by Crippen LogP contribution is 2.26. The van der Waals surface area contributed by atoms with Crippen molar-refractivity contribution in [1.82, 2.24) is 4.90 Å². The Balaban J connectivity index is 1.56. The van der Waals surface area contributed by atoms with Crippen molar-refractivity contribution in [2.45, 2.75) is 13.5 Å². The zero-order chi connectivity index (χ0) is 22.1. The number of carboxylic acids is 1. The lowest BCUT2D eigenvalue weighted by molar-refractivity contribution is 0.0639. The smallest absolute Gasteiger partial charge is 0.335 e. The van der Waals surface area contributed by atoms with Gasteiger partial charge in [-0.3, -0.25) is 19.3 Å². The Morgan fingerprint density at radius 1 is 0.871 bits per heavy atom. The summed E-state index contributed by atoms with van der Waals surface area (Å²) in [5, 5.41) is 11.8. The summed E-state index contributed by atoms with van der Waals surface area (Å²) in [6.07, 6.45) is 0. The van der Waals surface area contributed by atoms with Crippen molar-refractivity contribution in [3.8, 4) is 0 Å². The SMILES string of the molecule is Cc1cc(C(=O)O)ccc1NC(=O)c1ccc2c(c1)C(=O)N(Cc1ccccc1)C2=O. The first-order valence-corrected chi connectivity index (χ1v) is 9.54. The lowest BCUT2D eigenvalue weighted by Crippen LogP contribution is -2.29. The fourth-order valence-corrected chi connectivity index (χ4v) is 3.47. The van der Waals surface area contributed by atoms with Crippen molar-refractivity contribution in [3.63, 3.8) is 0 Å². The van der Waals surface area contributed by atoms with Crippen LogP contribution >= 0.6 is 0 Å². The first kappa shape index (κ1) is 20.0. The van der Waals surface area contributed by atoms with Crippen LogP contribution in [0.5, 0.6) is 0 Å². The summed E-state index contributed by atoms with van der Waals surface area (Å²) in [5.41, 5.74) is 2.68. The number of nitrogens with one attached hydrogen (secondary N) is 1. The van der Waals surface area contributed by atoms with Crippen LogP contribution in [-0.2, 0) is 6.54 Å². The number of benzene rings is 3. The van der Waals surface area contributed by atoms with Crippen molar-refractivity contribution in [2.24, 2.45) is 0 Å². The van der Waals surface area contributed by atoms with Crippen molar-refractivity contribution in [3.05, 3.63) is 100 Å². The molecule has 0 aromatic heterocycles. The van der Waals surface area contributed by atoms with Crippen LogP contribution < -0.4 is 5.32 Å². The largest absolute Gasteiger partial charge is 0.478 e. The molecule has 0 saturated heterocycles. The number of hydrogen-bond acceptors (Lipinski definition) is 4. The van der Waals surface area contributed by atoms with Gasteiger partial charge in [-0.15, -0.1) is 0 Å². The monoisotopic (exact) mass is 414 g/mol. The number of rotatable bonds is 5. The van der Waals surface area contributed by atoms with Crippen LogP contribution in [-0.4, -0.2) is 33.7 Å². The van der Waals surface area contributed by atoms with Crippen LogP contribution in [0.15, 0.2) is 66.7 Å². The quantitative estimate of drug-likeness (QED) is 0.619. The Kier molecular flexibility index (Phi) is 5.09. The Morgan fingerprint density at radius 3 is 2.23 bits per heavy atom. The number of anilines is 1. The van der Waals surface area contributed by atoms with Gasteiger partial charge in [-0.25, -0.2) is 4.79 Å². The number of amides is 3. The number of aryl methyl sites for hydroxylation is 1. The van der Waals surface area contributed by atoms with Crippen LogP contribution in [0.3, 0.4) is 0 Å². The maximum Gasteiger partial charge on any atom is 0.335 e. The van der Waals surface area contributed by atoms with Gasteiger partial charge in [0.05, 0.1) is 23.2 Å². The number of carbonyl (C=O) groups excluding carboxylic acids is 3. The number of hydrogen-bond donors (Lipinski definition) is 2. The van der Waals surface area contributed by atoms with Gasteiger partial charge in [-0.2, -0.15) is 0 Å². The first-order chi connectivity index (χ1) is 14.8. The number of imide groups is 1. The van der Waals surface area contributed by atoms with Crippen molar-refractivity contribution < 1.29 is 24.3 Å². The fourth-order valence-electron chi connectivity index (χ4n) is 3.47. The summed E-state index contributed by atoms with van der Waals surface area (Å²) < 4.78 is 0. The molecule has 0 atom stereocenters. The van der Waals surface area contributed by atoms with Crippen molar-refractivity contribution in [1.29, 1.82) is 0 Å². The van der Waals surface area contributed by atoms with E-state index in [0.29, 0.717) is 11.3 Å². The molecule has 3 aromatic carbocycles. The summed E-state index contributed by atoms with van der Waals surface area (Å²) in [6.45, 7) is 1.85. The predicted octanol–water partition coefficient (Wildman–Crippen LogP) is 3.74. The van der Waals surface area contributed by atoms with E-state index in [1.807, 2.05) is 30.3 Å². The molecule has 4 rings (SSSR count). The van der Waals surface area contributed by atoms with Crippen molar-refractivity contribution >= 4 is 29.4 Å². The molecule has 7 nitrogen and oxygen atoms in total. The topological polar surface area (TPSA) is 104 Å². The van der Waals surface area contributed by atoms with E-state index in [4.69, 9.17) is 5.11 Å². The number of nitrogens with zero attached hydrogens (tertiary/aromatic N) is 1. The van der Waals surface area contributed by atoms with Gasteiger partial charge in [-0.1, -0.05) is 30.3 Å². The standard InChI is InChI=1S/C24H18N2O5/c1-14-11-17(24(30)31)8-10-20(14)25-21(27)16-7-9-18-19(12-16)23(29)26(22(18)28)13-15-5-3-2-4-6-15/h2-12H,13H2,1H3,(H,25,27)(H,30,31). The van der Waals surface area contributed by atoms with Gasteiger partial charge in [0.25, 0.3) is 17.7 Å². The highest BCUT2D eigenvalue weighted by atomic mass is 16.4. The van der Waals surface area contributed by atoms with Crippen LogP contribution in [0.4, 0.5) is 5.69 Å². The zero-order valence-electron chi connectivity index (χ0n) is 16.6. The molecule has 0 bridgehead atoms. The maximum atomic E-state index is 12.8. The molecule has 154 valence electrons. The minimum Gasteiger partial charge on any atom is -0.478 e. The fraction of sp³-hybridized carbons (Fsp3) is 0.0833. The lowest BCUT2D eigenvalue weighted by atomic mass is 10.0. The molecule has 0 saturated carbocycles. The highest BCUT2D eigenvalue weighted by molar-refractivity contribution is 6.22. The minimum absolute atomic E-state index is 0.121. The van der Waals surface area contributed by atoms with E-state index in [-0.39, 0.29) is 28.8 Å². The average Bonchev–Trinajstić information content (AvgIpc) is 3.00. The van der Waals surface area contributed by atoms with E-state index < -0.39 is 23.7 Å². The van der Waals surface area contributed by atoms with Gasteiger partial charge in [-0.05, 0) is 54.4 Å². The summed E-state index contributed by atoms with van der Waals surface area (Å²) in [4.78, 5) is 50.4. The molecule has 1 heterocycles. The maximum absolute atomic E-state index is 12.8. The second-order valence-corrected chi connectivity index (χ2v) is 7.23. The van der Waals surface area contributed by atoms with Crippen LogP contribution in [0.25, 0.3) is 0 Å². The molecule has 0 spiro atoms.